The van der Waals surface area contributed by atoms with Crippen molar-refractivity contribution in [3.8, 4) is 0 Å². The zero-order valence-electron chi connectivity index (χ0n) is 11.1. The van der Waals surface area contributed by atoms with Gasteiger partial charge in [0.1, 0.15) is 12.0 Å². The van der Waals surface area contributed by atoms with Crippen LogP contribution in [0.5, 0.6) is 0 Å². The van der Waals surface area contributed by atoms with Crippen LogP contribution in [-0.2, 0) is 0 Å². The van der Waals surface area contributed by atoms with Crippen molar-refractivity contribution in [3.05, 3.63) is 61.2 Å². The van der Waals surface area contributed by atoms with E-state index in [1.54, 1.807) is 6.33 Å². The molecule has 4 heterocycles. The first-order valence-electron chi connectivity index (χ1n) is 6.80. The summed E-state index contributed by atoms with van der Waals surface area (Å²) in [6, 6.07) is 14.4. The lowest BCUT2D eigenvalue weighted by Gasteiger charge is -2.08. The first-order valence-corrected chi connectivity index (χ1v) is 6.80. The lowest BCUT2D eigenvalue weighted by Crippen LogP contribution is -1.94. The number of imidazole rings is 1. The van der Waals surface area contributed by atoms with Gasteiger partial charge in [0.05, 0.1) is 22.7 Å². The van der Waals surface area contributed by atoms with E-state index in [1.807, 2.05) is 41.1 Å². The molecule has 0 aliphatic carbocycles. The normalized spacial score (nSPS) is 11.8. The monoisotopic (exact) mass is 270 g/mol. The molecule has 98 valence electrons. The molecule has 0 saturated heterocycles. The second-order valence-electron chi connectivity index (χ2n) is 5.10. The van der Waals surface area contributed by atoms with Crippen LogP contribution >= 0.6 is 0 Å². The molecule has 4 heteroatoms. The van der Waals surface area contributed by atoms with E-state index in [4.69, 9.17) is 4.98 Å². The van der Waals surface area contributed by atoms with Crippen molar-refractivity contribution >= 4 is 38.4 Å². The van der Waals surface area contributed by atoms with Gasteiger partial charge in [-0.2, -0.15) is 0 Å². The van der Waals surface area contributed by atoms with E-state index in [0.717, 1.165) is 38.4 Å². The Morgan fingerprint density at radius 3 is 2.90 bits per heavy atom. The standard InChI is InChI=1S/C17H10N4/c1-2-6-14-11(4-1)8-13-12-5-3-7-19-17(12)21-10-18-9-15(21)16(13)20-14/h1-10H. The van der Waals surface area contributed by atoms with Gasteiger partial charge >= 0.3 is 0 Å². The van der Waals surface area contributed by atoms with Gasteiger partial charge in [-0.05, 0) is 24.3 Å². The molecule has 5 rings (SSSR count). The Morgan fingerprint density at radius 2 is 1.90 bits per heavy atom. The lowest BCUT2D eigenvalue weighted by atomic mass is 10.1. The van der Waals surface area contributed by atoms with Crippen LogP contribution in [0.2, 0.25) is 0 Å². The Hall–Kier alpha value is -3.01. The third-order valence-corrected chi connectivity index (χ3v) is 3.91. The van der Waals surface area contributed by atoms with Crippen LogP contribution in [0.15, 0.2) is 61.2 Å². The second-order valence-corrected chi connectivity index (χ2v) is 5.10. The molecule has 0 spiro atoms. The van der Waals surface area contributed by atoms with Crippen LogP contribution in [0, 0.1) is 0 Å². The number of para-hydroxylation sites is 1. The summed E-state index contributed by atoms with van der Waals surface area (Å²) in [6.07, 6.45) is 5.45. The van der Waals surface area contributed by atoms with Crippen LogP contribution in [-0.4, -0.2) is 19.4 Å². The number of aromatic nitrogens is 4. The molecule has 0 unspecified atom stereocenters. The molecule has 0 N–H and O–H groups in total. The van der Waals surface area contributed by atoms with Gasteiger partial charge in [0, 0.05) is 22.4 Å². The van der Waals surface area contributed by atoms with Crippen LogP contribution in [0.3, 0.4) is 0 Å². The zero-order valence-corrected chi connectivity index (χ0v) is 11.1. The maximum Gasteiger partial charge on any atom is 0.146 e. The summed E-state index contributed by atoms with van der Waals surface area (Å²) in [5, 5.41) is 3.35. The Balaban J connectivity index is 2.18. The van der Waals surface area contributed by atoms with Gasteiger partial charge < -0.3 is 0 Å². The van der Waals surface area contributed by atoms with E-state index in [2.05, 4.69) is 28.2 Å². The maximum atomic E-state index is 4.84. The first kappa shape index (κ1) is 10.7. The summed E-state index contributed by atoms with van der Waals surface area (Å²) in [7, 11) is 0. The molecule has 0 amide bonds. The molecular formula is C17H10N4. The van der Waals surface area contributed by atoms with E-state index in [-0.39, 0.29) is 0 Å². The number of pyridine rings is 3. The van der Waals surface area contributed by atoms with E-state index in [9.17, 15) is 0 Å². The smallest absolute Gasteiger partial charge is 0.146 e. The van der Waals surface area contributed by atoms with Crippen LogP contribution in [0.1, 0.15) is 0 Å². The predicted octanol–water partition coefficient (Wildman–Crippen LogP) is 3.58. The lowest BCUT2D eigenvalue weighted by molar-refractivity contribution is 1.17. The highest BCUT2D eigenvalue weighted by Crippen LogP contribution is 2.29. The van der Waals surface area contributed by atoms with Crippen LogP contribution < -0.4 is 0 Å². The average molecular weight is 270 g/mol. The van der Waals surface area contributed by atoms with Gasteiger partial charge in [0.25, 0.3) is 0 Å². The number of hydrogen-bond acceptors (Lipinski definition) is 3. The van der Waals surface area contributed by atoms with Crippen LogP contribution in [0.4, 0.5) is 0 Å². The van der Waals surface area contributed by atoms with Gasteiger partial charge in [-0.1, -0.05) is 18.2 Å². The van der Waals surface area contributed by atoms with Crippen molar-refractivity contribution in [1.29, 1.82) is 0 Å². The molecule has 0 saturated carbocycles. The topological polar surface area (TPSA) is 43.1 Å². The Bertz CT molecular complexity index is 1140. The van der Waals surface area contributed by atoms with Crippen molar-refractivity contribution in [3.63, 3.8) is 0 Å². The molecule has 5 aromatic rings. The summed E-state index contributed by atoms with van der Waals surface area (Å²) >= 11 is 0. The molecule has 21 heavy (non-hydrogen) atoms. The highest BCUT2D eigenvalue weighted by molar-refractivity contribution is 6.12. The van der Waals surface area contributed by atoms with E-state index >= 15 is 0 Å². The van der Waals surface area contributed by atoms with Gasteiger partial charge in [-0.3, -0.25) is 4.40 Å². The number of rotatable bonds is 0. The first-order chi connectivity index (χ1) is 10.4. The average Bonchev–Trinajstić information content (AvgIpc) is 3.03. The minimum atomic E-state index is 0.912. The molecule has 0 aliphatic rings. The largest absolute Gasteiger partial charge is 0.281 e. The molecule has 0 aliphatic heterocycles. The number of benzene rings is 1. The number of nitrogens with zero attached hydrogens (tertiary/aromatic N) is 4. The minimum absolute atomic E-state index is 0.912. The summed E-state index contributed by atoms with van der Waals surface area (Å²) < 4.78 is 2.00. The third kappa shape index (κ3) is 1.36. The maximum absolute atomic E-state index is 4.84. The highest BCUT2D eigenvalue weighted by atomic mass is 15.0. The van der Waals surface area contributed by atoms with Gasteiger partial charge in [-0.25, -0.2) is 15.0 Å². The van der Waals surface area contributed by atoms with Crippen molar-refractivity contribution in [1.82, 2.24) is 19.4 Å². The Kier molecular flexibility index (Phi) is 1.92. The summed E-state index contributed by atoms with van der Waals surface area (Å²) in [5.41, 5.74) is 3.86. The SMILES string of the molecule is c1ccc2nc3c(cc2c1)c1cccnc1n1cncc31. The Labute approximate surface area is 119 Å². The van der Waals surface area contributed by atoms with E-state index < -0.39 is 0 Å². The minimum Gasteiger partial charge on any atom is -0.281 e. The molecule has 0 atom stereocenters. The van der Waals surface area contributed by atoms with Gasteiger partial charge in [-0.15, -0.1) is 0 Å². The van der Waals surface area contributed by atoms with E-state index in [1.165, 1.54) is 0 Å². The van der Waals surface area contributed by atoms with Crippen molar-refractivity contribution in [2.75, 3.05) is 0 Å². The fourth-order valence-electron chi connectivity index (χ4n) is 2.95. The van der Waals surface area contributed by atoms with E-state index in [0.29, 0.717) is 0 Å². The fourth-order valence-corrected chi connectivity index (χ4v) is 2.95. The third-order valence-electron chi connectivity index (χ3n) is 3.91. The molecule has 0 bridgehead atoms. The molecule has 1 aromatic carbocycles. The summed E-state index contributed by atoms with van der Waals surface area (Å²) in [6.45, 7) is 0. The predicted molar refractivity (Wildman–Crippen MR) is 83.3 cm³/mol. The number of hydrogen-bond donors (Lipinski definition) is 0. The van der Waals surface area contributed by atoms with Gasteiger partial charge in [0.15, 0.2) is 0 Å². The quantitative estimate of drug-likeness (QED) is 0.319. The van der Waals surface area contributed by atoms with Crippen LogP contribution in [0.25, 0.3) is 38.4 Å². The summed E-state index contributed by atoms with van der Waals surface area (Å²) in [5.74, 6) is 0. The summed E-state index contributed by atoms with van der Waals surface area (Å²) in [4.78, 5) is 13.6. The van der Waals surface area contributed by atoms with Crippen molar-refractivity contribution in [2.24, 2.45) is 0 Å². The fraction of sp³-hybridized carbons (Fsp3) is 0. The Morgan fingerprint density at radius 1 is 0.952 bits per heavy atom. The molecule has 4 aromatic heterocycles. The molecule has 0 fully saturated rings. The zero-order chi connectivity index (χ0) is 13.8. The molecule has 4 nitrogen and oxygen atoms in total. The van der Waals surface area contributed by atoms with Crippen molar-refractivity contribution < 1.29 is 0 Å². The highest BCUT2D eigenvalue weighted by Gasteiger charge is 2.11. The number of fused-ring (bicyclic) bond motifs is 7. The molecule has 0 radical (unpaired) electrons. The second kappa shape index (κ2) is 3.76. The van der Waals surface area contributed by atoms with Crippen molar-refractivity contribution in [2.45, 2.75) is 0 Å². The van der Waals surface area contributed by atoms with Gasteiger partial charge in [0.2, 0.25) is 0 Å². The molecular weight excluding hydrogens is 260 g/mol.